The van der Waals surface area contributed by atoms with Gasteiger partial charge in [-0.05, 0) is 48.5 Å². The number of anilines is 2. The quantitative estimate of drug-likeness (QED) is 0.529. The largest absolute Gasteiger partial charge is 0.495 e. The molecule has 0 bridgehead atoms. The van der Waals surface area contributed by atoms with E-state index in [1.165, 1.54) is 0 Å². The SMILES string of the molecule is COc1ccc(C(=O)N2CCN(c3ccccn3)CC2)cc1C#Cc1cccc(N)c1. The fraction of sp³-hybridized carbons (Fsp3) is 0.200. The van der Waals surface area contributed by atoms with Gasteiger partial charge in [-0.15, -0.1) is 0 Å². The monoisotopic (exact) mass is 412 g/mol. The molecule has 0 unspecified atom stereocenters. The zero-order valence-electron chi connectivity index (χ0n) is 17.4. The first-order valence-corrected chi connectivity index (χ1v) is 10.1. The van der Waals surface area contributed by atoms with Crippen molar-refractivity contribution in [2.75, 3.05) is 43.9 Å². The van der Waals surface area contributed by atoms with Gasteiger partial charge in [0.1, 0.15) is 11.6 Å². The number of rotatable bonds is 3. The number of aromatic nitrogens is 1. The first-order valence-electron chi connectivity index (χ1n) is 10.1. The summed E-state index contributed by atoms with van der Waals surface area (Å²) in [6, 6.07) is 18.6. The van der Waals surface area contributed by atoms with Crippen LogP contribution < -0.4 is 15.4 Å². The van der Waals surface area contributed by atoms with Crippen LogP contribution in [0.1, 0.15) is 21.5 Å². The number of pyridine rings is 1. The Balaban J connectivity index is 1.50. The van der Waals surface area contributed by atoms with Crippen LogP contribution >= 0.6 is 0 Å². The number of nitrogens with two attached hydrogens (primary N) is 1. The molecule has 6 heteroatoms. The highest BCUT2D eigenvalue weighted by molar-refractivity contribution is 5.95. The number of piperazine rings is 1. The van der Waals surface area contributed by atoms with E-state index in [4.69, 9.17) is 10.5 Å². The second kappa shape index (κ2) is 9.23. The molecule has 6 nitrogen and oxygen atoms in total. The number of amides is 1. The number of carbonyl (C=O) groups is 1. The minimum Gasteiger partial charge on any atom is -0.495 e. The second-order valence-corrected chi connectivity index (χ2v) is 7.26. The molecule has 3 aromatic rings. The maximum absolute atomic E-state index is 13.1. The highest BCUT2D eigenvalue weighted by Crippen LogP contribution is 2.21. The van der Waals surface area contributed by atoms with Gasteiger partial charge in [0.05, 0.1) is 12.7 Å². The molecule has 1 saturated heterocycles. The average molecular weight is 412 g/mol. The van der Waals surface area contributed by atoms with Crippen LogP contribution in [-0.4, -0.2) is 49.1 Å². The number of hydrogen-bond donors (Lipinski definition) is 1. The number of carbonyl (C=O) groups excluding carboxylic acids is 1. The molecule has 0 atom stereocenters. The van der Waals surface area contributed by atoms with Crippen molar-refractivity contribution in [1.82, 2.24) is 9.88 Å². The van der Waals surface area contributed by atoms with Crippen LogP contribution in [0.2, 0.25) is 0 Å². The van der Waals surface area contributed by atoms with Crippen LogP contribution in [0.3, 0.4) is 0 Å². The minimum atomic E-state index is -0.00432. The molecule has 2 aromatic carbocycles. The first kappa shape index (κ1) is 20.3. The lowest BCUT2D eigenvalue weighted by Crippen LogP contribution is -2.49. The molecule has 0 saturated carbocycles. The zero-order valence-corrected chi connectivity index (χ0v) is 17.4. The van der Waals surface area contributed by atoms with Gasteiger partial charge in [-0.1, -0.05) is 24.0 Å². The third-order valence-electron chi connectivity index (χ3n) is 5.21. The van der Waals surface area contributed by atoms with Crippen molar-refractivity contribution in [3.8, 4) is 17.6 Å². The van der Waals surface area contributed by atoms with Crippen molar-refractivity contribution in [2.45, 2.75) is 0 Å². The van der Waals surface area contributed by atoms with Gasteiger partial charge >= 0.3 is 0 Å². The molecule has 1 aromatic heterocycles. The molecule has 0 aliphatic carbocycles. The summed E-state index contributed by atoms with van der Waals surface area (Å²) in [5.41, 5.74) is 8.57. The van der Waals surface area contributed by atoms with E-state index in [9.17, 15) is 4.79 Å². The number of benzene rings is 2. The van der Waals surface area contributed by atoms with Crippen molar-refractivity contribution < 1.29 is 9.53 Å². The maximum atomic E-state index is 13.1. The predicted molar refractivity (Wildman–Crippen MR) is 122 cm³/mol. The highest BCUT2D eigenvalue weighted by atomic mass is 16.5. The molecular formula is C25H24N4O2. The molecule has 1 aliphatic rings. The third-order valence-corrected chi connectivity index (χ3v) is 5.21. The number of methoxy groups -OCH3 is 1. The summed E-state index contributed by atoms with van der Waals surface area (Å²) in [6.45, 7) is 2.79. The lowest BCUT2D eigenvalue weighted by Gasteiger charge is -2.35. The van der Waals surface area contributed by atoms with E-state index >= 15 is 0 Å². The molecule has 0 radical (unpaired) electrons. The Kier molecular flexibility index (Phi) is 6.04. The van der Waals surface area contributed by atoms with E-state index < -0.39 is 0 Å². The Morgan fingerprint density at radius 1 is 1.00 bits per heavy atom. The summed E-state index contributed by atoms with van der Waals surface area (Å²) in [6.07, 6.45) is 1.79. The van der Waals surface area contributed by atoms with Crippen molar-refractivity contribution >= 4 is 17.4 Å². The van der Waals surface area contributed by atoms with Gasteiger partial charge in [0.25, 0.3) is 5.91 Å². The first-order chi connectivity index (χ1) is 15.1. The van der Waals surface area contributed by atoms with E-state index in [1.807, 2.05) is 47.4 Å². The molecule has 1 fully saturated rings. The third kappa shape index (κ3) is 4.78. The van der Waals surface area contributed by atoms with Gasteiger partial charge in [0.15, 0.2) is 0 Å². The Labute approximate surface area is 182 Å². The van der Waals surface area contributed by atoms with Crippen LogP contribution in [0.4, 0.5) is 11.5 Å². The van der Waals surface area contributed by atoms with E-state index in [0.29, 0.717) is 35.7 Å². The molecule has 4 rings (SSSR count). The number of nitrogens with zero attached hydrogens (tertiary/aromatic N) is 3. The predicted octanol–water partition coefficient (Wildman–Crippen LogP) is 3.03. The number of hydrogen-bond acceptors (Lipinski definition) is 5. The van der Waals surface area contributed by atoms with Crippen LogP contribution in [0.15, 0.2) is 66.9 Å². The van der Waals surface area contributed by atoms with Crippen molar-refractivity contribution in [3.05, 3.63) is 83.6 Å². The Morgan fingerprint density at radius 3 is 2.55 bits per heavy atom. The van der Waals surface area contributed by atoms with Crippen molar-refractivity contribution in [3.63, 3.8) is 0 Å². The van der Waals surface area contributed by atoms with Gasteiger partial charge < -0.3 is 20.3 Å². The Hall–Kier alpha value is -3.98. The summed E-state index contributed by atoms with van der Waals surface area (Å²) in [5.74, 6) is 7.79. The molecule has 2 heterocycles. The topological polar surface area (TPSA) is 71.7 Å². The van der Waals surface area contributed by atoms with E-state index in [2.05, 4.69) is 21.7 Å². The summed E-state index contributed by atoms with van der Waals surface area (Å²) in [7, 11) is 1.60. The molecular weight excluding hydrogens is 388 g/mol. The molecule has 31 heavy (non-hydrogen) atoms. The fourth-order valence-electron chi connectivity index (χ4n) is 3.56. The van der Waals surface area contributed by atoms with Crippen LogP contribution in [0.25, 0.3) is 0 Å². The molecule has 156 valence electrons. The van der Waals surface area contributed by atoms with Gasteiger partial charge in [0.2, 0.25) is 0 Å². The lowest BCUT2D eigenvalue weighted by molar-refractivity contribution is 0.0746. The molecule has 2 N–H and O–H groups in total. The van der Waals surface area contributed by atoms with E-state index in [-0.39, 0.29) is 5.91 Å². The summed E-state index contributed by atoms with van der Waals surface area (Å²) in [5, 5.41) is 0. The zero-order chi connectivity index (χ0) is 21.6. The smallest absolute Gasteiger partial charge is 0.254 e. The average Bonchev–Trinajstić information content (AvgIpc) is 2.83. The van der Waals surface area contributed by atoms with Gasteiger partial charge in [-0.25, -0.2) is 4.98 Å². The normalized spacial score (nSPS) is 13.3. The number of nitrogen functional groups attached to an aromatic ring is 1. The van der Waals surface area contributed by atoms with Crippen molar-refractivity contribution in [2.24, 2.45) is 0 Å². The highest BCUT2D eigenvalue weighted by Gasteiger charge is 2.23. The van der Waals surface area contributed by atoms with Crippen LogP contribution in [-0.2, 0) is 0 Å². The van der Waals surface area contributed by atoms with E-state index in [0.717, 1.165) is 24.5 Å². The van der Waals surface area contributed by atoms with Crippen LogP contribution in [0.5, 0.6) is 5.75 Å². The van der Waals surface area contributed by atoms with Gasteiger partial charge in [-0.2, -0.15) is 0 Å². The summed E-state index contributed by atoms with van der Waals surface area (Å²) < 4.78 is 5.44. The second-order valence-electron chi connectivity index (χ2n) is 7.26. The maximum Gasteiger partial charge on any atom is 0.254 e. The van der Waals surface area contributed by atoms with Crippen molar-refractivity contribution in [1.29, 1.82) is 0 Å². The number of ether oxygens (including phenoxy) is 1. The molecule has 1 aliphatic heterocycles. The summed E-state index contributed by atoms with van der Waals surface area (Å²) >= 11 is 0. The van der Waals surface area contributed by atoms with Gasteiger partial charge in [-0.3, -0.25) is 4.79 Å². The summed E-state index contributed by atoms with van der Waals surface area (Å²) in [4.78, 5) is 21.6. The lowest BCUT2D eigenvalue weighted by atomic mass is 10.1. The molecule has 0 spiro atoms. The molecule has 1 amide bonds. The van der Waals surface area contributed by atoms with Crippen LogP contribution in [0, 0.1) is 11.8 Å². The van der Waals surface area contributed by atoms with E-state index in [1.54, 1.807) is 31.5 Å². The standard InChI is InChI=1S/C25H24N4O2/c1-31-23-11-10-21(18-20(23)9-8-19-5-4-6-22(26)17-19)25(30)29-15-13-28(14-16-29)24-7-2-3-12-27-24/h2-7,10-12,17-18H,13-16,26H2,1H3. The fourth-order valence-corrected chi connectivity index (χ4v) is 3.56. The minimum absolute atomic E-state index is 0.00432. The Morgan fingerprint density at radius 2 is 1.84 bits per heavy atom. The Bertz CT molecular complexity index is 1130. The van der Waals surface area contributed by atoms with Gasteiger partial charge in [0, 0.05) is 49.2 Å².